The Labute approximate surface area is 91.5 Å². The lowest BCUT2D eigenvalue weighted by Crippen LogP contribution is -2.17. The Morgan fingerprint density at radius 3 is 1.64 bits per heavy atom. The molecule has 2 heteroatoms. The van der Waals surface area contributed by atoms with Gasteiger partial charge in [-0.05, 0) is 45.9 Å². The van der Waals surface area contributed by atoms with Gasteiger partial charge >= 0.3 is 0 Å². The summed E-state index contributed by atoms with van der Waals surface area (Å²) in [5, 5.41) is 0. The molecule has 0 saturated heterocycles. The van der Waals surface area contributed by atoms with Crippen molar-refractivity contribution in [3.05, 3.63) is 0 Å². The summed E-state index contributed by atoms with van der Waals surface area (Å²) in [5.41, 5.74) is 0.0488. The van der Waals surface area contributed by atoms with Gasteiger partial charge in [-0.15, -0.1) is 0 Å². The van der Waals surface area contributed by atoms with Crippen LogP contribution in [0.3, 0.4) is 0 Å². The van der Waals surface area contributed by atoms with Crippen LogP contribution in [0.2, 0.25) is 0 Å². The lowest BCUT2D eigenvalue weighted by Gasteiger charge is -2.27. The van der Waals surface area contributed by atoms with Gasteiger partial charge in [0, 0.05) is 8.15 Å². The third kappa shape index (κ3) is 8.97. The van der Waals surface area contributed by atoms with Crippen LogP contribution in [0.15, 0.2) is 0 Å². The van der Waals surface area contributed by atoms with E-state index in [0.717, 1.165) is 0 Å². The molecular formula is C12H27OP. The fraction of sp³-hybridized carbons (Fsp3) is 1.00. The predicted octanol–water partition coefficient (Wildman–Crippen LogP) is 4.80. The third-order valence-corrected chi connectivity index (χ3v) is 4.36. The quantitative estimate of drug-likeness (QED) is 0.558. The topological polar surface area (TPSA) is 9.23 Å². The summed E-state index contributed by atoms with van der Waals surface area (Å²) in [6.07, 6.45) is 7.82. The smallest absolute Gasteiger partial charge is 0.0641 e. The van der Waals surface area contributed by atoms with E-state index < -0.39 is 0 Å². The van der Waals surface area contributed by atoms with E-state index in [2.05, 4.69) is 34.6 Å². The molecule has 0 amide bonds. The summed E-state index contributed by atoms with van der Waals surface area (Å²) in [4.78, 5) is 0. The number of hydrogen-bond acceptors (Lipinski definition) is 1. The molecule has 0 aliphatic rings. The Morgan fingerprint density at radius 2 is 1.36 bits per heavy atom. The molecule has 0 N–H and O–H groups in total. The van der Waals surface area contributed by atoms with Gasteiger partial charge in [-0.25, -0.2) is 0 Å². The van der Waals surface area contributed by atoms with Crippen molar-refractivity contribution < 1.29 is 4.52 Å². The van der Waals surface area contributed by atoms with Crippen LogP contribution in [0.4, 0.5) is 0 Å². The minimum absolute atomic E-state index is 0.0488. The fourth-order valence-electron chi connectivity index (χ4n) is 1.26. The van der Waals surface area contributed by atoms with Crippen LogP contribution in [-0.4, -0.2) is 17.9 Å². The molecule has 0 aliphatic heterocycles. The van der Waals surface area contributed by atoms with E-state index in [9.17, 15) is 0 Å². The Morgan fingerprint density at radius 1 is 0.929 bits per heavy atom. The zero-order chi connectivity index (χ0) is 11.0. The van der Waals surface area contributed by atoms with Gasteiger partial charge in [0.15, 0.2) is 0 Å². The van der Waals surface area contributed by atoms with E-state index in [-0.39, 0.29) is 13.7 Å². The van der Waals surface area contributed by atoms with E-state index >= 15 is 0 Å². The molecule has 0 rings (SSSR count). The molecule has 0 unspecified atom stereocenters. The highest BCUT2D eigenvalue weighted by Crippen LogP contribution is 2.43. The monoisotopic (exact) mass is 218 g/mol. The number of unbranched alkanes of at least 4 members (excludes halogenated alkanes) is 2. The van der Waals surface area contributed by atoms with Crippen LogP contribution in [-0.2, 0) is 4.52 Å². The molecule has 0 heterocycles. The van der Waals surface area contributed by atoms with E-state index in [1.54, 1.807) is 0 Å². The highest BCUT2D eigenvalue weighted by atomic mass is 31.1. The molecule has 0 saturated carbocycles. The molecule has 0 aliphatic carbocycles. The van der Waals surface area contributed by atoms with E-state index in [1.807, 2.05) is 0 Å². The minimum atomic E-state index is -0.160. The van der Waals surface area contributed by atoms with Crippen LogP contribution in [0.25, 0.3) is 0 Å². The first kappa shape index (κ1) is 14.4. The average molecular weight is 218 g/mol. The lowest BCUT2D eigenvalue weighted by molar-refractivity contribution is 0.150. The average Bonchev–Trinajstić information content (AvgIpc) is 2.07. The first-order valence-electron chi connectivity index (χ1n) is 5.93. The molecule has 14 heavy (non-hydrogen) atoms. The summed E-state index contributed by atoms with van der Waals surface area (Å²) in [5.74, 6) is 0. The Balaban J connectivity index is 3.84. The molecule has 0 atom stereocenters. The highest BCUT2D eigenvalue weighted by molar-refractivity contribution is 7.52. The van der Waals surface area contributed by atoms with Crippen molar-refractivity contribution in [3.63, 3.8) is 0 Å². The molecule has 0 radical (unpaired) electrons. The fourth-order valence-corrected chi connectivity index (χ4v) is 3.78. The Hall–Kier alpha value is 0.390. The molecule has 1 nitrogen and oxygen atoms in total. The van der Waals surface area contributed by atoms with E-state index in [0.29, 0.717) is 0 Å². The van der Waals surface area contributed by atoms with Crippen molar-refractivity contribution in [1.82, 2.24) is 0 Å². The van der Waals surface area contributed by atoms with Crippen molar-refractivity contribution >= 4 is 8.15 Å². The molecule has 0 spiro atoms. The van der Waals surface area contributed by atoms with Gasteiger partial charge in [-0.3, -0.25) is 0 Å². The second kappa shape index (κ2) is 7.65. The van der Waals surface area contributed by atoms with Gasteiger partial charge in [-0.2, -0.15) is 0 Å². The van der Waals surface area contributed by atoms with Crippen molar-refractivity contribution in [2.45, 2.75) is 65.9 Å². The van der Waals surface area contributed by atoms with Crippen LogP contribution < -0.4 is 0 Å². The molecule has 0 aromatic rings. The van der Waals surface area contributed by atoms with Gasteiger partial charge in [0.2, 0.25) is 0 Å². The Bertz CT molecular complexity index is 121. The largest absolute Gasteiger partial charge is 0.354 e. The van der Waals surface area contributed by atoms with Gasteiger partial charge in [0.1, 0.15) is 0 Å². The van der Waals surface area contributed by atoms with Crippen LogP contribution in [0.1, 0.15) is 60.3 Å². The van der Waals surface area contributed by atoms with Crippen LogP contribution in [0, 0.1) is 0 Å². The summed E-state index contributed by atoms with van der Waals surface area (Å²) in [6.45, 7) is 11.0. The maximum atomic E-state index is 6.11. The SMILES string of the molecule is CCCCP(CCCC)OC(C)(C)C. The maximum Gasteiger partial charge on any atom is 0.0641 e. The molecule has 0 fully saturated rings. The molecule has 0 aromatic carbocycles. The predicted molar refractivity (Wildman–Crippen MR) is 67.3 cm³/mol. The zero-order valence-electron chi connectivity index (χ0n) is 10.6. The van der Waals surface area contributed by atoms with Crippen molar-refractivity contribution in [2.24, 2.45) is 0 Å². The van der Waals surface area contributed by atoms with Crippen molar-refractivity contribution in [3.8, 4) is 0 Å². The van der Waals surface area contributed by atoms with Gasteiger partial charge in [0.25, 0.3) is 0 Å². The van der Waals surface area contributed by atoms with E-state index in [4.69, 9.17) is 4.52 Å². The highest BCUT2D eigenvalue weighted by Gasteiger charge is 2.17. The third-order valence-electron chi connectivity index (χ3n) is 1.93. The lowest BCUT2D eigenvalue weighted by atomic mass is 10.2. The van der Waals surface area contributed by atoms with E-state index in [1.165, 1.54) is 38.0 Å². The number of hydrogen-bond donors (Lipinski definition) is 0. The summed E-state index contributed by atoms with van der Waals surface area (Å²) >= 11 is 0. The first-order valence-corrected chi connectivity index (χ1v) is 7.56. The van der Waals surface area contributed by atoms with Crippen molar-refractivity contribution in [2.75, 3.05) is 12.3 Å². The molecule has 0 aromatic heterocycles. The van der Waals surface area contributed by atoms with Gasteiger partial charge in [0.05, 0.1) is 5.60 Å². The van der Waals surface area contributed by atoms with Crippen LogP contribution >= 0.6 is 8.15 Å². The second-order valence-corrected chi connectivity index (χ2v) is 6.88. The standard InChI is InChI=1S/C12H27OP/c1-6-8-10-14(11-9-7-2)13-12(3,4)5/h6-11H2,1-5H3. The molecule has 86 valence electrons. The van der Waals surface area contributed by atoms with Gasteiger partial charge in [-0.1, -0.05) is 26.7 Å². The minimum Gasteiger partial charge on any atom is -0.354 e. The summed E-state index contributed by atoms with van der Waals surface area (Å²) in [7, 11) is -0.160. The molecular weight excluding hydrogens is 191 g/mol. The zero-order valence-corrected chi connectivity index (χ0v) is 11.5. The summed E-state index contributed by atoms with van der Waals surface area (Å²) < 4.78 is 6.11. The Kier molecular flexibility index (Phi) is 7.86. The molecule has 0 bridgehead atoms. The summed E-state index contributed by atoms with van der Waals surface area (Å²) in [6, 6.07) is 0. The van der Waals surface area contributed by atoms with Crippen molar-refractivity contribution in [1.29, 1.82) is 0 Å². The second-order valence-electron chi connectivity index (χ2n) is 4.84. The number of rotatable bonds is 7. The van der Waals surface area contributed by atoms with Crippen LogP contribution in [0.5, 0.6) is 0 Å². The first-order chi connectivity index (χ1) is 6.49. The maximum absolute atomic E-state index is 6.11. The normalized spacial score (nSPS) is 12.4. The van der Waals surface area contributed by atoms with Gasteiger partial charge < -0.3 is 4.52 Å².